The molecule has 1 saturated heterocycles. The number of unbranched alkanes of at least 4 members (excludes halogenated alkanes) is 3. The van der Waals surface area contributed by atoms with Gasteiger partial charge < -0.3 is 5.32 Å². The third-order valence-electron chi connectivity index (χ3n) is 4.00. The number of hydrogen-bond acceptors (Lipinski definition) is 1. The van der Waals surface area contributed by atoms with E-state index in [2.05, 4.69) is 19.2 Å². The molecule has 0 aromatic rings. The maximum Gasteiger partial charge on any atom is -0.00462 e. The molecule has 1 aliphatic rings. The minimum atomic E-state index is 1.02. The van der Waals surface area contributed by atoms with Crippen LogP contribution in [0.25, 0.3) is 0 Å². The highest BCUT2D eigenvalue weighted by Gasteiger charge is 2.21. The Morgan fingerprint density at radius 3 is 2.40 bits per heavy atom. The van der Waals surface area contributed by atoms with Crippen LogP contribution >= 0.6 is 0 Å². The third kappa shape index (κ3) is 5.01. The molecule has 0 radical (unpaired) electrons. The molecule has 1 N–H and O–H groups in total. The molecule has 1 nitrogen and oxygen atoms in total. The zero-order chi connectivity index (χ0) is 10.9. The van der Waals surface area contributed by atoms with Crippen molar-refractivity contribution in [3.8, 4) is 0 Å². The van der Waals surface area contributed by atoms with E-state index >= 15 is 0 Å². The molecule has 1 rings (SSSR count). The van der Waals surface area contributed by atoms with Crippen LogP contribution in [0.3, 0.4) is 0 Å². The molecule has 0 bridgehead atoms. The lowest BCUT2D eigenvalue weighted by Crippen LogP contribution is -2.31. The van der Waals surface area contributed by atoms with Crippen molar-refractivity contribution >= 4 is 0 Å². The van der Waals surface area contributed by atoms with E-state index in [0.29, 0.717) is 0 Å². The molecule has 1 heterocycles. The second kappa shape index (κ2) is 8.15. The first kappa shape index (κ1) is 13.0. The van der Waals surface area contributed by atoms with Crippen LogP contribution in [-0.4, -0.2) is 13.1 Å². The van der Waals surface area contributed by atoms with Gasteiger partial charge in [-0.2, -0.15) is 0 Å². The summed E-state index contributed by atoms with van der Waals surface area (Å²) in [5.74, 6) is 2.04. The average molecular weight is 211 g/mol. The van der Waals surface area contributed by atoms with Crippen molar-refractivity contribution in [2.24, 2.45) is 11.8 Å². The van der Waals surface area contributed by atoms with Crippen molar-refractivity contribution in [1.29, 1.82) is 0 Å². The Hall–Kier alpha value is -0.0400. The summed E-state index contributed by atoms with van der Waals surface area (Å²) in [6.45, 7) is 7.20. The summed E-state index contributed by atoms with van der Waals surface area (Å²) in [5, 5.41) is 3.47. The minimum Gasteiger partial charge on any atom is -0.317 e. The van der Waals surface area contributed by atoms with Crippen LogP contribution in [0.1, 0.15) is 65.2 Å². The Kier molecular flexibility index (Phi) is 7.08. The molecular weight excluding hydrogens is 182 g/mol. The Morgan fingerprint density at radius 1 is 1.07 bits per heavy atom. The fourth-order valence-electron chi connectivity index (χ4n) is 2.92. The highest BCUT2D eigenvalue weighted by atomic mass is 14.9. The van der Waals surface area contributed by atoms with E-state index < -0.39 is 0 Å². The number of hydrogen-bond donors (Lipinski definition) is 1. The van der Waals surface area contributed by atoms with Crippen molar-refractivity contribution in [3.63, 3.8) is 0 Å². The summed E-state index contributed by atoms with van der Waals surface area (Å²) in [5.41, 5.74) is 0. The standard InChI is InChI=1S/C14H29N/c1-3-5-6-7-8-13(4-2)14-9-11-15-12-10-14/h13-15H,3-12H2,1-2H3. The maximum atomic E-state index is 3.47. The van der Waals surface area contributed by atoms with Gasteiger partial charge in [0.1, 0.15) is 0 Å². The van der Waals surface area contributed by atoms with E-state index in [9.17, 15) is 0 Å². The number of piperidine rings is 1. The molecule has 0 aromatic carbocycles. The molecule has 0 aliphatic carbocycles. The quantitative estimate of drug-likeness (QED) is 0.628. The zero-order valence-corrected chi connectivity index (χ0v) is 10.7. The third-order valence-corrected chi connectivity index (χ3v) is 4.00. The summed E-state index contributed by atoms with van der Waals surface area (Å²) < 4.78 is 0. The first-order valence-electron chi connectivity index (χ1n) is 7.09. The highest BCUT2D eigenvalue weighted by molar-refractivity contribution is 4.75. The van der Waals surface area contributed by atoms with Gasteiger partial charge in [-0.3, -0.25) is 0 Å². The highest BCUT2D eigenvalue weighted by Crippen LogP contribution is 2.29. The molecule has 15 heavy (non-hydrogen) atoms. The molecule has 1 unspecified atom stereocenters. The molecule has 0 saturated carbocycles. The van der Waals surface area contributed by atoms with Gasteiger partial charge in [-0.05, 0) is 37.8 Å². The molecule has 1 fully saturated rings. The van der Waals surface area contributed by atoms with Crippen LogP contribution in [0.2, 0.25) is 0 Å². The molecular formula is C14H29N. The second-order valence-electron chi connectivity index (χ2n) is 5.11. The van der Waals surface area contributed by atoms with Crippen LogP contribution in [0.4, 0.5) is 0 Å². The van der Waals surface area contributed by atoms with Gasteiger partial charge in [0, 0.05) is 0 Å². The zero-order valence-electron chi connectivity index (χ0n) is 10.7. The summed E-state index contributed by atoms with van der Waals surface area (Å²) in [6, 6.07) is 0. The SMILES string of the molecule is CCCCCCC(CC)C1CCNCC1. The van der Waals surface area contributed by atoms with Crippen LogP contribution in [0, 0.1) is 11.8 Å². The summed E-state index contributed by atoms with van der Waals surface area (Å²) in [7, 11) is 0. The fourth-order valence-corrected chi connectivity index (χ4v) is 2.92. The monoisotopic (exact) mass is 211 g/mol. The van der Waals surface area contributed by atoms with E-state index in [0.717, 1.165) is 11.8 Å². The molecule has 0 aromatic heterocycles. The predicted octanol–water partition coefficient (Wildman–Crippen LogP) is 3.98. The van der Waals surface area contributed by atoms with Crippen molar-refractivity contribution in [1.82, 2.24) is 5.32 Å². The van der Waals surface area contributed by atoms with E-state index in [1.165, 1.54) is 64.5 Å². The fraction of sp³-hybridized carbons (Fsp3) is 1.00. The van der Waals surface area contributed by atoms with E-state index in [4.69, 9.17) is 0 Å². The Balaban J connectivity index is 2.15. The first-order valence-corrected chi connectivity index (χ1v) is 7.09. The number of nitrogens with one attached hydrogen (secondary N) is 1. The van der Waals surface area contributed by atoms with Gasteiger partial charge in [0.15, 0.2) is 0 Å². The van der Waals surface area contributed by atoms with E-state index in [1.807, 2.05) is 0 Å². The van der Waals surface area contributed by atoms with Crippen molar-refractivity contribution in [2.75, 3.05) is 13.1 Å². The average Bonchev–Trinajstić information content (AvgIpc) is 2.30. The van der Waals surface area contributed by atoms with Crippen LogP contribution in [0.5, 0.6) is 0 Å². The predicted molar refractivity (Wildman–Crippen MR) is 68.1 cm³/mol. The lowest BCUT2D eigenvalue weighted by Gasteiger charge is -2.30. The van der Waals surface area contributed by atoms with Crippen LogP contribution < -0.4 is 5.32 Å². The van der Waals surface area contributed by atoms with Gasteiger partial charge >= 0.3 is 0 Å². The van der Waals surface area contributed by atoms with Crippen LogP contribution in [-0.2, 0) is 0 Å². The van der Waals surface area contributed by atoms with E-state index in [1.54, 1.807) is 0 Å². The summed E-state index contributed by atoms with van der Waals surface area (Å²) >= 11 is 0. The first-order chi connectivity index (χ1) is 7.38. The summed E-state index contributed by atoms with van der Waals surface area (Å²) in [6.07, 6.45) is 11.5. The molecule has 1 aliphatic heterocycles. The lowest BCUT2D eigenvalue weighted by molar-refractivity contribution is 0.235. The van der Waals surface area contributed by atoms with Gasteiger partial charge in [0.05, 0.1) is 0 Å². The Labute approximate surface area is 96.0 Å². The normalized spacial score (nSPS) is 20.4. The van der Waals surface area contributed by atoms with Crippen molar-refractivity contribution < 1.29 is 0 Å². The van der Waals surface area contributed by atoms with E-state index in [-0.39, 0.29) is 0 Å². The Morgan fingerprint density at radius 2 is 1.80 bits per heavy atom. The number of rotatable bonds is 7. The van der Waals surface area contributed by atoms with Gasteiger partial charge in [0.25, 0.3) is 0 Å². The molecule has 1 heteroatoms. The van der Waals surface area contributed by atoms with Crippen LogP contribution in [0.15, 0.2) is 0 Å². The molecule has 0 amide bonds. The molecule has 1 atom stereocenters. The van der Waals surface area contributed by atoms with Gasteiger partial charge in [-0.25, -0.2) is 0 Å². The molecule has 0 spiro atoms. The Bertz CT molecular complexity index is 138. The van der Waals surface area contributed by atoms with Gasteiger partial charge in [0.2, 0.25) is 0 Å². The maximum absolute atomic E-state index is 3.47. The smallest absolute Gasteiger partial charge is 0.00462 e. The molecule has 90 valence electrons. The second-order valence-corrected chi connectivity index (χ2v) is 5.11. The topological polar surface area (TPSA) is 12.0 Å². The lowest BCUT2D eigenvalue weighted by atomic mass is 9.80. The van der Waals surface area contributed by atoms with Gasteiger partial charge in [-0.15, -0.1) is 0 Å². The van der Waals surface area contributed by atoms with Crippen molar-refractivity contribution in [2.45, 2.75) is 65.2 Å². The largest absolute Gasteiger partial charge is 0.317 e. The van der Waals surface area contributed by atoms with Gasteiger partial charge in [-0.1, -0.05) is 52.4 Å². The minimum absolute atomic E-state index is 1.02. The summed E-state index contributed by atoms with van der Waals surface area (Å²) in [4.78, 5) is 0. The van der Waals surface area contributed by atoms with Crippen molar-refractivity contribution in [3.05, 3.63) is 0 Å².